The Hall–Kier alpha value is -0.680. The molecule has 0 aliphatic heterocycles. The van der Waals surface area contributed by atoms with Gasteiger partial charge in [0.25, 0.3) is 0 Å². The fourth-order valence-corrected chi connectivity index (χ4v) is 1.04. The summed E-state index contributed by atoms with van der Waals surface area (Å²) in [6, 6.07) is 1.81. The summed E-state index contributed by atoms with van der Waals surface area (Å²) in [5.74, 6) is -1.84. The van der Waals surface area contributed by atoms with Crippen LogP contribution in [0.3, 0.4) is 0 Å². The van der Waals surface area contributed by atoms with E-state index < -0.39 is 17.5 Å². The van der Waals surface area contributed by atoms with Gasteiger partial charge in [0.05, 0.1) is 10.0 Å². The van der Waals surface area contributed by atoms with Gasteiger partial charge in [0.2, 0.25) is 0 Å². The third-order valence-corrected chi connectivity index (χ3v) is 1.91. The van der Waals surface area contributed by atoms with Crippen LogP contribution in [-0.4, -0.2) is 5.84 Å². The zero-order valence-electron chi connectivity index (χ0n) is 6.27. The standard InChI is InChI=1S/C7H5BrF2N2.ClH/c8-4-2-5(9)3(7(11)12)1-6(4)10;/h1-2H,(H3,11,12);1H. The van der Waals surface area contributed by atoms with Crippen molar-refractivity contribution in [3.05, 3.63) is 33.8 Å². The summed E-state index contributed by atoms with van der Waals surface area (Å²) in [6.07, 6.45) is 0. The summed E-state index contributed by atoms with van der Waals surface area (Å²) >= 11 is 2.80. The van der Waals surface area contributed by atoms with Crippen molar-refractivity contribution in [3.8, 4) is 0 Å². The maximum atomic E-state index is 12.9. The number of halogens is 4. The van der Waals surface area contributed by atoms with E-state index in [0.717, 1.165) is 12.1 Å². The Morgan fingerprint density at radius 2 is 1.85 bits per heavy atom. The molecule has 0 spiro atoms. The lowest BCUT2D eigenvalue weighted by Gasteiger charge is -2.01. The molecule has 0 amide bonds. The molecule has 0 aliphatic rings. The van der Waals surface area contributed by atoms with Crippen LogP contribution in [0.4, 0.5) is 8.78 Å². The Kier molecular flexibility index (Phi) is 4.29. The van der Waals surface area contributed by atoms with Gasteiger partial charge in [-0.25, -0.2) is 8.78 Å². The van der Waals surface area contributed by atoms with Crippen molar-refractivity contribution in [2.45, 2.75) is 0 Å². The van der Waals surface area contributed by atoms with Gasteiger partial charge in [-0.3, -0.25) is 5.41 Å². The van der Waals surface area contributed by atoms with Crippen LogP contribution in [0.1, 0.15) is 5.56 Å². The van der Waals surface area contributed by atoms with Crippen molar-refractivity contribution in [3.63, 3.8) is 0 Å². The summed E-state index contributed by atoms with van der Waals surface area (Å²) in [6.45, 7) is 0. The molecule has 2 nitrogen and oxygen atoms in total. The molecule has 1 aromatic carbocycles. The molecule has 0 saturated heterocycles. The Morgan fingerprint density at radius 3 is 2.31 bits per heavy atom. The molecule has 1 rings (SSSR count). The molecule has 13 heavy (non-hydrogen) atoms. The normalized spacial score (nSPS) is 9.15. The number of amidine groups is 1. The molecule has 0 atom stereocenters. The smallest absolute Gasteiger partial charge is 0.138 e. The monoisotopic (exact) mass is 270 g/mol. The average Bonchev–Trinajstić information content (AvgIpc) is 1.96. The summed E-state index contributed by atoms with van der Waals surface area (Å²) in [4.78, 5) is 0. The molecule has 0 bridgehead atoms. The van der Waals surface area contributed by atoms with Crippen molar-refractivity contribution in [2.75, 3.05) is 0 Å². The van der Waals surface area contributed by atoms with Crippen LogP contribution in [0, 0.1) is 17.0 Å². The molecule has 1 aromatic rings. The first kappa shape index (κ1) is 12.3. The van der Waals surface area contributed by atoms with Crippen molar-refractivity contribution in [1.82, 2.24) is 0 Å². The second-order valence-corrected chi connectivity index (χ2v) is 3.01. The third kappa shape index (κ3) is 2.63. The van der Waals surface area contributed by atoms with Crippen LogP contribution < -0.4 is 5.73 Å². The van der Waals surface area contributed by atoms with Gasteiger partial charge in [0.15, 0.2) is 0 Å². The number of nitrogens with one attached hydrogen (secondary N) is 1. The van der Waals surface area contributed by atoms with Crippen LogP contribution in [0.2, 0.25) is 0 Å². The molecule has 0 heterocycles. The van der Waals surface area contributed by atoms with Gasteiger partial charge in [0, 0.05) is 0 Å². The largest absolute Gasteiger partial charge is 0.384 e. The van der Waals surface area contributed by atoms with E-state index in [1.807, 2.05) is 0 Å². The number of rotatable bonds is 1. The molecule has 0 radical (unpaired) electrons. The minimum atomic E-state index is -0.712. The highest BCUT2D eigenvalue weighted by atomic mass is 79.9. The maximum absolute atomic E-state index is 12.9. The molecule has 0 saturated carbocycles. The second-order valence-electron chi connectivity index (χ2n) is 2.16. The van der Waals surface area contributed by atoms with Crippen molar-refractivity contribution < 1.29 is 8.78 Å². The van der Waals surface area contributed by atoms with Gasteiger partial charge in [-0.05, 0) is 28.1 Å². The van der Waals surface area contributed by atoms with Gasteiger partial charge in [0.1, 0.15) is 17.5 Å². The molecular formula is C7H6BrClF2N2. The zero-order valence-corrected chi connectivity index (χ0v) is 8.68. The van der Waals surface area contributed by atoms with Crippen LogP contribution in [0.5, 0.6) is 0 Å². The van der Waals surface area contributed by atoms with Crippen LogP contribution in [-0.2, 0) is 0 Å². The molecule has 0 aromatic heterocycles. The molecule has 0 aliphatic carbocycles. The van der Waals surface area contributed by atoms with Crippen LogP contribution in [0.15, 0.2) is 16.6 Å². The average molecular weight is 271 g/mol. The SMILES string of the molecule is Cl.N=C(N)c1cc(F)c(Br)cc1F. The minimum Gasteiger partial charge on any atom is -0.384 e. The molecule has 0 fully saturated rings. The van der Waals surface area contributed by atoms with E-state index in [4.69, 9.17) is 11.1 Å². The summed E-state index contributed by atoms with van der Waals surface area (Å²) in [5.41, 5.74) is 4.77. The van der Waals surface area contributed by atoms with E-state index in [0.29, 0.717) is 0 Å². The quantitative estimate of drug-likeness (QED) is 0.460. The van der Waals surface area contributed by atoms with Gasteiger partial charge in [-0.1, -0.05) is 0 Å². The summed E-state index contributed by atoms with van der Waals surface area (Å²) in [7, 11) is 0. The summed E-state index contributed by atoms with van der Waals surface area (Å²) < 4.78 is 25.6. The summed E-state index contributed by atoms with van der Waals surface area (Å²) in [5, 5.41) is 6.90. The van der Waals surface area contributed by atoms with E-state index >= 15 is 0 Å². The third-order valence-electron chi connectivity index (χ3n) is 1.30. The fraction of sp³-hybridized carbons (Fsp3) is 0. The lowest BCUT2D eigenvalue weighted by atomic mass is 10.2. The van der Waals surface area contributed by atoms with Crippen molar-refractivity contribution >= 4 is 34.2 Å². The van der Waals surface area contributed by atoms with Gasteiger partial charge < -0.3 is 5.73 Å². The predicted octanol–water partition coefficient (Wildman–Crippen LogP) is 2.43. The zero-order chi connectivity index (χ0) is 9.30. The van der Waals surface area contributed by atoms with Crippen LogP contribution >= 0.6 is 28.3 Å². The Balaban J connectivity index is 0.00000144. The van der Waals surface area contributed by atoms with E-state index in [1.165, 1.54) is 0 Å². The van der Waals surface area contributed by atoms with E-state index in [9.17, 15) is 8.78 Å². The number of hydrogen-bond acceptors (Lipinski definition) is 1. The molecular weight excluding hydrogens is 265 g/mol. The van der Waals surface area contributed by atoms with E-state index in [1.54, 1.807) is 0 Å². The Bertz CT molecular complexity index is 344. The maximum Gasteiger partial charge on any atom is 0.138 e. The van der Waals surface area contributed by atoms with Crippen molar-refractivity contribution in [2.24, 2.45) is 5.73 Å². The Labute approximate surface area is 88.2 Å². The molecule has 6 heteroatoms. The lowest BCUT2D eigenvalue weighted by molar-refractivity contribution is 0.592. The van der Waals surface area contributed by atoms with Gasteiger partial charge in [-0.15, -0.1) is 12.4 Å². The molecule has 72 valence electrons. The number of nitrogen functional groups attached to an aromatic ring is 1. The highest BCUT2D eigenvalue weighted by molar-refractivity contribution is 9.10. The first-order valence-electron chi connectivity index (χ1n) is 3.01. The van der Waals surface area contributed by atoms with E-state index in [-0.39, 0.29) is 22.4 Å². The number of hydrogen-bond donors (Lipinski definition) is 2. The van der Waals surface area contributed by atoms with E-state index in [2.05, 4.69) is 15.9 Å². The molecule has 3 N–H and O–H groups in total. The highest BCUT2D eigenvalue weighted by Crippen LogP contribution is 2.19. The number of nitrogens with two attached hydrogens (primary N) is 1. The molecule has 0 unspecified atom stereocenters. The van der Waals surface area contributed by atoms with Gasteiger partial charge in [-0.2, -0.15) is 0 Å². The Morgan fingerprint density at radius 1 is 1.31 bits per heavy atom. The van der Waals surface area contributed by atoms with Crippen LogP contribution in [0.25, 0.3) is 0 Å². The second kappa shape index (κ2) is 4.53. The predicted molar refractivity (Wildman–Crippen MR) is 52.3 cm³/mol. The lowest BCUT2D eigenvalue weighted by Crippen LogP contribution is -2.13. The highest BCUT2D eigenvalue weighted by Gasteiger charge is 2.09. The first-order chi connectivity index (χ1) is 5.52. The first-order valence-corrected chi connectivity index (χ1v) is 3.80. The number of benzene rings is 1. The van der Waals surface area contributed by atoms with Gasteiger partial charge >= 0.3 is 0 Å². The topological polar surface area (TPSA) is 49.9 Å². The fourth-order valence-electron chi connectivity index (χ4n) is 0.729. The van der Waals surface area contributed by atoms with Crippen molar-refractivity contribution in [1.29, 1.82) is 5.41 Å². The minimum absolute atomic E-state index is 0.